The molecule has 6 aromatic rings. The van der Waals surface area contributed by atoms with Crippen molar-refractivity contribution in [3.63, 3.8) is 0 Å². The van der Waals surface area contributed by atoms with E-state index in [9.17, 15) is 34.5 Å². The first-order chi connectivity index (χ1) is 26.9. The second kappa shape index (κ2) is 31.0. The average Bonchev–Trinajstić information content (AvgIpc) is 3.89. The Morgan fingerprint density at radius 2 is 0.533 bits per heavy atom. The molecule has 0 radical (unpaired) electrons. The summed E-state index contributed by atoms with van der Waals surface area (Å²) in [6.07, 6.45) is 15.4. The van der Waals surface area contributed by atoms with E-state index in [4.69, 9.17) is 69.6 Å². The smallest absolute Gasteiger partial charge is 0.418 e. The van der Waals surface area contributed by atoms with Crippen molar-refractivity contribution in [1.82, 2.24) is 38.2 Å². The number of aromatic nitrogens is 8. The Kier molecular flexibility index (Phi) is 31.1. The summed E-state index contributed by atoms with van der Waals surface area (Å²) in [5.41, 5.74) is 5.16. The van der Waals surface area contributed by atoms with Crippen molar-refractivity contribution >= 4 is 84.1 Å². The van der Waals surface area contributed by atoms with E-state index >= 15 is 0 Å². The number of nitrogens with zero attached hydrogens (tertiary/aromatic N) is 8. The van der Waals surface area contributed by atoms with Crippen molar-refractivity contribution < 1.29 is 79.3 Å². The van der Waals surface area contributed by atoms with Gasteiger partial charge < -0.3 is 52.8 Å². The van der Waals surface area contributed by atoms with E-state index in [-0.39, 0.29) is 44.8 Å². The van der Waals surface area contributed by atoms with Crippen LogP contribution in [0, 0.1) is 27.7 Å². The van der Waals surface area contributed by atoms with Gasteiger partial charge in [-0.25, -0.2) is 19.9 Å². The van der Waals surface area contributed by atoms with Crippen molar-refractivity contribution in [3.05, 3.63) is 144 Å². The van der Waals surface area contributed by atoms with Gasteiger partial charge in [0.15, 0.2) is 8.59 Å². The zero-order valence-corrected chi connectivity index (χ0v) is 39.3. The van der Waals surface area contributed by atoms with Crippen LogP contribution in [-0.4, -0.2) is 61.3 Å². The van der Waals surface area contributed by atoms with Gasteiger partial charge in [-0.05, 0) is 49.9 Å². The fourth-order valence-electron chi connectivity index (χ4n) is 4.57. The minimum Gasteiger partial charge on any atom is -0.418 e. The van der Waals surface area contributed by atoms with Crippen LogP contribution in [0.3, 0.4) is 0 Å². The maximum atomic E-state index is 9.75. The molecule has 0 atom stereocenters. The average molecular weight is 1160 g/mol. The fraction of sp³-hybridized carbons (Fsp3) is 0.294. The molecule has 4 heterocycles. The maximum absolute atomic E-state index is 9.75. The molecule has 60 heavy (non-hydrogen) atoms. The second-order valence-corrected chi connectivity index (χ2v) is 15.5. The molecule has 0 unspecified atom stereocenters. The van der Waals surface area contributed by atoms with Crippen LogP contribution >= 0.6 is 69.6 Å². The minimum atomic E-state index is -6.00. The third kappa shape index (κ3) is 31.0. The largest absolute Gasteiger partial charge is 1.00 e. The fourth-order valence-corrected chi connectivity index (χ4v) is 4.57. The summed E-state index contributed by atoms with van der Waals surface area (Å²) < 4.78 is 85.1. The number of rotatable bonds is 8. The van der Waals surface area contributed by atoms with Crippen LogP contribution in [0.2, 0.25) is 0 Å². The monoisotopic (exact) mass is 1160 g/mol. The number of halogens is 14. The number of hydrogen-bond acceptors (Lipinski definition) is 4. The zero-order chi connectivity index (χ0) is 44.1. The summed E-state index contributed by atoms with van der Waals surface area (Å²) in [7, 11) is -12.0. The molecular formula is C34H38Ag2B2Cl6F8N8. The number of aryl methyl sites for hydroxylation is 4. The van der Waals surface area contributed by atoms with Crippen LogP contribution < -0.4 is 0 Å². The Bertz CT molecular complexity index is 1720. The van der Waals surface area contributed by atoms with E-state index < -0.39 is 23.1 Å². The predicted molar refractivity (Wildman–Crippen MR) is 220 cm³/mol. The molecule has 340 valence electrons. The van der Waals surface area contributed by atoms with Crippen LogP contribution in [0.5, 0.6) is 0 Å². The van der Waals surface area contributed by atoms with Gasteiger partial charge in [-0.2, -0.15) is 0 Å². The number of benzene rings is 2. The van der Waals surface area contributed by atoms with E-state index in [1.165, 1.54) is 22.3 Å². The Hall–Kier alpha value is -1.93. The zero-order valence-electron chi connectivity index (χ0n) is 31.8. The molecule has 0 N–H and O–H groups in total. The Balaban J connectivity index is 0. The molecule has 0 aliphatic heterocycles. The van der Waals surface area contributed by atoms with E-state index in [0.717, 1.165) is 49.5 Å². The molecule has 8 nitrogen and oxygen atoms in total. The van der Waals surface area contributed by atoms with Crippen molar-refractivity contribution in [2.24, 2.45) is 0 Å². The number of hydrogen-bond donors (Lipinski definition) is 0. The van der Waals surface area contributed by atoms with Crippen LogP contribution in [0.15, 0.2) is 98.1 Å². The molecule has 0 spiro atoms. The van der Waals surface area contributed by atoms with E-state index in [2.05, 4.69) is 86.7 Å². The third-order valence-corrected chi connectivity index (χ3v) is 7.15. The molecule has 4 aromatic heterocycles. The van der Waals surface area contributed by atoms with Gasteiger partial charge in [-0.3, -0.25) is 0 Å². The van der Waals surface area contributed by atoms with Gasteiger partial charge in [-0.1, -0.05) is 118 Å². The van der Waals surface area contributed by atoms with Crippen molar-refractivity contribution in [3.8, 4) is 0 Å². The predicted octanol–water partition coefficient (Wildman–Crippen LogP) is 12.2. The summed E-state index contributed by atoms with van der Waals surface area (Å²) >= 11 is 28.8. The first-order valence-corrected chi connectivity index (χ1v) is 19.2. The minimum absolute atomic E-state index is 0. The van der Waals surface area contributed by atoms with Gasteiger partial charge >= 0.3 is 59.3 Å². The first kappa shape index (κ1) is 60.2. The van der Waals surface area contributed by atoms with Gasteiger partial charge in [-0.15, -0.1) is 0 Å². The molecule has 6 rings (SSSR count). The summed E-state index contributed by atoms with van der Waals surface area (Å²) in [4.78, 5) is 17.0. The van der Waals surface area contributed by atoms with Crippen LogP contribution in [0.1, 0.15) is 45.6 Å². The van der Waals surface area contributed by atoms with Gasteiger partial charge in [0.1, 0.15) is 23.3 Å². The Morgan fingerprint density at radius 1 is 0.400 bits per heavy atom. The molecule has 26 heteroatoms. The van der Waals surface area contributed by atoms with Crippen molar-refractivity contribution in [2.75, 3.05) is 0 Å². The van der Waals surface area contributed by atoms with Gasteiger partial charge in [0.2, 0.25) is 0 Å². The summed E-state index contributed by atoms with van der Waals surface area (Å²) in [6.45, 7) is 11.6. The van der Waals surface area contributed by atoms with Gasteiger partial charge in [0.25, 0.3) is 0 Å². The molecule has 0 fully saturated rings. The van der Waals surface area contributed by atoms with E-state index in [1.54, 1.807) is 0 Å². The van der Waals surface area contributed by atoms with Crippen molar-refractivity contribution in [2.45, 2.75) is 62.5 Å². The standard InChI is InChI=1S/2C16H18N4.2CHCl3.2Ag.2BF4/c2*1-13-17-7-9-19(13)11-15-3-5-16(6-4-15)12-20-10-8-18-14(20)2;2*2-1(3)4;;;2*2-1(3,4)5/h2*3-10H,11-12H2,1-2H3;2*1H;;;;/q;;;;2*+1;2*-1. The van der Waals surface area contributed by atoms with Crippen molar-refractivity contribution in [1.29, 1.82) is 0 Å². The van der Waals surface area contributed by atoms with Crippen LogP contribution in [-0.2, 0) is 70.9 Å². The van der Waals surface area contributed by atoms with E-state index in [0.29, 0.717) is 0 Å². The molecule has 0 saturated carbocycles. The molecule has 0 bridgehead atoms. The molecule has 0 saturated heterocycles. The molecular weight excluding hydrogens is 1120 g/mol. The Morgan fingerprint density at radius 3 is 0.633 bits per heavy atom. The Labute approximate surface area is 404 Å². The quantitative estimate of drug-likeness (QED) is 0.0865. The van der Waals surface area contributed by atoms with Crippen LogP contribution in [0.25, 0.3) is 0 Å². The summed E-state index contributed by atoms with van der Waals surface area (Å²) in [5.74, 6) is 4.18. The number of alkyl halides is 6. The maximum Gasteiger partial charge on any atom is 1.00 e. The van der Waals surface area contributed by atoms with E-state index in [1.807, 2.05) is 77.3 Å². The summed E-state index contributed by atoms with van der Waals surface area (Å²) in [5, 5.41) is 0. The first-order valence-electron chi connectivity index (χ1n) is 16.6. The van der Waals surface area contributed by atoms with Crippen LogP contribution in [0.4, 0.5) is 34.5 Å². The van der Waals surface area contributed by atoms with Gasteiger partial charge in [0.05, 0.1) is 0 Å². The molecule has 0 aliphatic rings. The SMILES string of the molecule is Cc1nccn1Cc1ccc(Cn2ccnc2C)cc1.Cc1nccn1Cc1ccc(Cn2ccnc2C)cc1.ClC(Cl)Cl.ClC(Cl)Cl.F[B-](F)(F)F.F[B-](F)(F)F.[Ag+].[Ag+]. The number of imidazole rings is 4. The molecule has 0 amide bonds. The summed E-state index contributed by atoms with van der Waals surface area (Å²) in [6, 6.07) is 17.5. The molecule has 0 aliphatic carbocycles. The second-order valence-electron chi connectivity index (χ2n) is 11.5. The molecule has 2 aromatic carbocycles. The third-order valence-electron chi connectivity index (χ3n) is 7.15. The normalized spacial score (nSPS) is 10.5. The van der Waals surface area contributed by atoms with Gasteiger partial charge in [0, 0.05) is 75.8 Å². The topological polar surface area (TPSA) is 71.3 Å².